The summed E-state index contributed by atoms with van der Waals surface area (Å²) >= 11 is 0. The molecule has 0 amide bonds. The Balaban J connectivity index is 1.93. The van der Waals surface area contributed by atoms with E-state index >= 15 is 0 Å². The van der Waals surface area contributed by atoms with E-state index in [1.54, 1.807) is 12.1 Å². The molecule has 0 aliphatic carbocycles. The number of benzene rings is 1. The average Bonchev–Trinajstić information content (AvgIpc) is 2.58. The third-order valence-corrected chi connectivity index (χ3v) is 3.57. The van der Waals surface area contributed by atoms with Crippen LogP contribution in [0.4, 0.5) is 26.3 Å². The molecule has 3 rings (SSSR count). The quantitative estimate of drug-likeness (QED) is 0.628. The van der Waals surface area contributed by atoms with E-state index < -0.39 is 41.4 Å². The lowest BCUT2D eigenvalue weighted by Crippen LogP contribution is -2.16. The van der Waals surface area contributed by atoms with Gasteiger partial charge in [0, 0.05) is 12.3 Å². The third kappa shape index (κ3) is 4.21. The van der Waals surface area contributed by atoms with E-state index in [2.05, 4.69) is 4.98 Å². The summed E-state index contributed by atoms with van der Waals surface area (Å²) in [5, 5.41) is 0. The SMILES string of the molecule is O=c1cc(COc2cc(C(F)(F)F)cc(C(F)(F)F)c2)nc2ccccn12. The van der Waals surface area contributed by atoms with Crippen molar-refractivity contribution in [1.82, 2.24) is 9.38 Å². The third-order valence-electron chi connectivity index (χ3n) is 3.57. The highest BCUT2D eigenvalue weighted by Gasteiger charge is 2.37. The van der Waals surface area contributed by atoms with Gasteiger partial charge in [0.1, 0.15) is 18.0 Å². The minimum absolute atomic E-state index is 0.00746. The molecule has 0 unspecified atom stereocenters. The summed E-state index contributed by atoms with van der Waals surface area (Å²) in [4.78, 5) is 16.0. The summed E-state index contributed by atoms with van der Waals surface area (Å²) in [5.41, 5.74) is -3.10. The highest BCUT2D eigenvalue weighted by molar-refractivity contribution is 5.39. The van der Waals surface area contributed by atoms with Gasteiger partial charge in [-0.15, -0.1) is 0 Å². The minimum atomic E-state index is -4.97. The molecular weight excluding hydrogens is 378 g/mol. The molecule has 0 atom stereocenters. The zero-order chi connectivity index (χ0) is 19.8. The number of halogens is 6. The Morgan fingerprint density at radius 1 is 0.926 bits per heavy atom. The molecule has 0 bridgehead atoms. The van der Waals surface area contributed by atoms with Gasteiger partial charge in [0.2, 0.25) is 0 Å². The van der Waals surface area contributed by atoms with Crippen LogP contribution in [0.2, 0.25) is 0 Å². The van der Waals surface area contributed by atoms with Gasteiger partial charge in [-0.1, -0.05) is 6.07 Å². The molecule has 1 aromatic carbocycles. The van der Waals surface area contributed by atoms with Crippen molar-refractivity contribution in [1.29, 1.82) is 0 Å². The Hall–Kier alpha value is -3.04. The smallest absolute Gasteiger partial charge is 0.416 e. The van der Waals surface area contributed by atoms with Gasteiger partial charge in [0.15, 0.2) is 0 Å². The first kappa shape index (κ1) is 18.7. The van der Waals surface area contributed by atoms with E-state index in [0.717, 1.165) is 6.07 Å². The number of hydrogen-bond donors (Lipinski definition) is 0. The summed E-state index contributed by atoms with van der Waals surface area (Å²) in [5.74, 6) is -0.632. The molecular formula is C17H10F6N2O2. The van der Waals surface area contributed by atoms with Crippen LogP contribution in [-0.2, 0) is 19.0 Å². The summed E-state index contributed by atoms with van der Waals surface area (Å²) in [7, 11) is 0. The Labute approximate surface area is 147 Å². The number of nitrogens with zero attached hydrogens (tertiary/aromatic N) is 2. The number of fused-ring (bicyclic) bond motifs is 1. The van der Waals surface area contributed by atoms with E-state index in [1.807, 2.05) is 0 Å². The number of alkyl halides is 6. The molecule has 2 aromatic heterocycles. The minimum Gasteiger partial charge on any atom is -0.487 e. The number of pyridine rings is 1. The Bertz CT molecular complexity index is 1010. The van der Waals surface area contributed by atoms with Gasteiger partial charge >= 0.3 is 12.4 Å². The van der Waals surface area contributed by atoms with Crippen molar-refractivity contribution in [2.24, 2.45) is 0 Å². The van der Waals surface area contributed by atoms with Crippen molar-refractivity contribution in [2.75, 3.05) is 0 Å². The maximum Gasteiger partial charge on any atom is 0.416 e. The molecule has 2 heterocycles. The van der Waals surface area contributed by atoms with Gasteiger partial charge in [-0.2, -0.15) is 26.3 Å². The summed E-state index contributed by atoms with van der Waals surface area (Å²) in [6.45, 7) is -0.473. The predicted molar refractivity (Wildman–Crippen MR) is 82.2 cm³/mol. The highest BCUT2D eigenvalue weighted by atomic mass is 19.4. The molecule has 0 radical (unpaired) electrons. The molecule has 4 nitrogen and oxygen atoms in total. The molecule has 0 fully saturated rings. The fourth-order valence-electron chi connectivity index (χ4n) is 2.34. The van der Waals surface area contributed by atoms with Crippen molar-refractivity contribution >= 4 is 5.65 Å². The molecule has 0 spiro atoms. The standard InChI is InChI=1S/C17H10F6N2O2/c18-16(19,20)10-5-11(17(21,22)23)7-13(6-10)27-9-12-8-15(26)25-4-2-1-3-14(25)24-12/h1-8H,9H2. The van der Waals surface area contributed by atoms with E-state index in [-0.39, 0.29) is 17.4 Å². The second-order valence-electron chi connectivity index (χ2n) is 5.54. The van der Waals surface area contributed by atoms with Crippen LogP contribution in [0.25, 0.3) is 5.65 Å². The van der Waals surface area contributed by atoms with Gasteiger partial charge in [-0.25, -0.2) is 4.98 Å². The second-order valence-corrected chi connectivity index (χ2v) is 5.54. The van der Waals surface area contributed by atoms with Gasteiger partial charge in [0.05, 0.1) is 16.8 Å². The van der Waals surface area contributed by atoms with Gasteiger partial charge < -0.3 is 4.74 Å². The molecule has 0 aliphatic rings. The molecule has 0 aliphatic heterocycles. The molecule has 0 saturated carbocycles. The van der Waals surface area contributed by atoms with Crippen LogP contribution in [-0.4, -0.2) is 9.38 Å². The van der Waals surface area contributed by atoms with E-state index in [0.29, 0.717) is 12.1 Å². The van der Waals surface area contributed by atoms with Crippen LogP contribution in [0.15, 0.2) is 53.5 Å². The summed E-state index contributed by atoms with van der Waals surface area (Å²) < 4.78 is 83.4. The molecule has 0 N–H and O–H groups in total. The van der Waals surface area contributed by atoms with Gasteiger partial charge in [0.25, 0.3) is 5.56 Å². The molecule has 142 valence electrons. The number of aromatic nitrogens is 2. The van der Waals surface area contributed by atoms with Crippen LogP contribution in [0, 0.1) is 0 Å². The maximum absolute atomic E-state index is 12.8. The average molecular weight is 388 g/mol. The van der Waals surface area contributed by atoms with E-state index in [4.69, 9.17) is 4.74 Å². The largest absolute Gasteiger partial charge is 0.487 e. The van der Waals surface area contributed by atoms with Crippen LogP contribution in [0.5, 0.6) is 5.75 Å². The van der Waals surface area contributed by atoms with E-state index in [9.17, 15) is 31.1 Å². The lowest BCUT2D eigenvalue weighted by molar-refractivity contribution is -0.143. The zero-order valence-electron chi connectivity index (χ0n) is 13.3. The fourth-order valence-corrected chi connectivity index (χ4v) is 2.34. The van der Waals surface area contributed by atoms with Crippen molar-refractivity contribution in [3.8, 4) is 5.75 Å². The maximum atomic E-state index is 12.8. The lowest BCUT2D eigenvalue weighted by Gasteiger charge is -2.14. The second kappa shape index (κ2) is 6.60. The number of hydrogen-bond acceptors (Lipinski definition) is 3. The Kier molecular flexibility index (Phi) is 4.58. The zero-order valence-corrected chi connectivity index (χ0v) is 13.3. The summed E-state index contributed by atoms with van der Waals surface area (Å²) in [6.07, 6.45) is -8.48. The normalized spacial score (nSPS) is 12.4. The number of rotatable bonds is 3. The molecule has 0 saturated heterocycles. The first-order chi connectivity index (χ1) is 12.5. The van der Waals surface area contributed by atoms with Crippen LogP contribution < -0.4 is 10.3 Å². The molecule has 10 heteroatoms. The first-order valence-electron chi connectivity index (χ1n) is 7.44. The Morgan fingerprint density at radius 2 is 1.56 bits per heavy atom. The van der Waals surface area contributed by atoms with Crippen LogP contribution >= 0.6 is 0 Å². The van der Waals surface area contributed by atoms with Crippen LogP contribution in [0.3, 0.4) is 0 Å². The van der Waals surface area contributed by atoms with E-state index in [1.165, 1.54) is 16.7 Å². The number of ether oxygens (including phenoxy) is 1. The predicted octanol–water partition coefficient (Wildman–Crippen LogP) is 4.31. The lowest BCUT2D eigenvalue weighted by atomic mass is 10.1. The highest BCUT2D eigenvalue weighted by Crippen LogP contribution is 2.38. The Morgan fingerprint density at radius 3 is 2.15 bits per heavy atom. The van der Waals surface area contributed by atoms with Crippen molar-refractivity contribution in [3.05, 3.63) is 75.8 Å². The van der Waals surface area contributed by atoms with Crippen molar-refractivity contribution < 1.29 is 31.1 Å². The molecule has 27 heavy (non-hydrogen) atoms. The van der Waals surface area contributed by atoms with Crippen molar-refractivity contribution in [3.63, 3.8) is 0 Å². The van der Waals surface area contributed by atoms with Gasteiger partial charge in [-0.05, 0) is 30.3 Å². The monoisotopic (exact) mass is 388 g/mol. The fraction of sp³-hybridized carbons (Fsp3) is 0.176. The first-order valence-corrected chi connectivity index (χ1v) is 7.44. The van der Waals surface area contributed by atoms with Crippen molar-refractivity contribution in [2.45, 2.75) is 19.0 Å². The topological polar surface area (TPSA) is 43.6 Å². The van der Waals surface area contributed by atoms with Crippen LogP contribution in [0.1, 0.15) is 16.8 Å². The van der Waals surface area contributed by atoms with Gasteiger partial charge in [-0.3, -0.25) is 9.20 Å². The molecule has 3 aromatic rings. The summed E-state index contributed by atoms with van der Waals surface area (Å²) in [6, 6.07) is 6.77.